The molecule has 1 aromatic carbocycles. The third-order valence-electron chi connectivity index (χ3n) is 2.80. The number of benzene rings is 1. The van der Waals surface area contributed by atoms with Gasteiger partial charge in [-0.1, -0.05) is 43.2 Å². The van der Waals surface area contributed by atoms with Crippen molar-refractivity contribution in [1.29, 1.82) is 0 Å². The average Bonchev–Trinajstić information content (AvgIpc) is 2.35. The molecule has 2 unspecified atom stereocenters. The highest BCUT2D eigenvalue weighted by Crippen LogP contribution is 2.10. The van der Waals surface area contributed by atoms with Gasteiger partial charge in [0.15, 0.2) is 5.78 Å². The molecule has 0 amide bonds. The summed E-state index contributed by atoms with van der Waals surface area (Å²) >= 11 is 0. The lowest BCUT2D eigenvalue weighted by molar-refractivity contribution is 0.0992. The molecule has 0 radical (unpaired) electrons. The van der Waals surface area contributed by atoms with E-state index in [-0.39, 0.29) is 5.78 Å². The molecule has 0 saturated carbocycles. The second-order valence-electron chi connectivity index (χ2n) is 4.31. The van der Waals surface area contributed by atoms with Crippen LogP contribution in [-0.4, -0.2) is 21.0 Å². The van der Waals surface area contributed by atoms with Crippen molar-refractivity contribution < 1.29 is 9.00 Å². The van der Waals surface area contributed by atoms with Crippen LogP contribution in [0.5, 0.6) is 0 Å². The fourth-order valence-electron chi connectivity index (χ4n) is 1.54. The predicted molar refractivity (Wildman–Crippen MR) is 72.9 cm³/mol. The van der Waals surface area contributed by atoms with Gasteiger partial charge in [0, 0.05) is 22.1 Å². The van der Waals surface area contributed by atoms with Crippen molar-refractivity contribution in [3.8, 4) is 0 Å². The Kier molecular flexibility index (Phi) is 5.56. The van der Waals surface area contributed by atoms with E-state index in [0.29, 0.717) is 11.3 Å². The largest absolute Gasteiger partial charge is 0.293 e. The van der Waals surface area contributed by atoms with E-state index in [9.17, 15) is 9.00 Å². The van der Waals surface area contributed by atoms with Crippen molar-refractivity contribution in [1.82, 2.24) is 0 Å². The van der Waals surface area contributed by atoms with Gasteiger partial charge in [0.25, 0.3) is 0 Å². The van der Waals surface area contributed by atoms with Crippen LogP contribution in [0.2, 0.25) is 0 Å². The Morgan fingerprint density at radius 2 is 1.88 bits per heavy atom. The molecule has 1 rings (SSSR count). The van der Waals surface area contributed by atoms with E-state index >= 15 is 0 Å². The summed E-state index contributed by atoms with van der Waals surface area (Å²) in [7, 11) is -1.05. The predicted octanol–water partition coefficient (Wildman–Crippen LogP) is 3.12. The Balaban J connectivity index is 2.69. The molecule has 0 aliphatic rings. The molecule has 1 aromatic rings. The van der Waals surface area contributed by atoms with Gasteiger partial charge in [-0.2, -0.15) is 0 Å². The van der Waals surface area contributed by atoms with Gasteiger partial charge in [0.05, 0.1) is 5.25 Å². The first kappa shape index (κ1) is 14.1. The molecule has 2 atom stereocenters. The van der Waals surface area contributed by atoms with Crippen LogP contribution in [0.3, 0.4) is 0 Å². The molecule has 0 aromatic heterocycles. The Bertz CT molecular complexity index is 395. The molecular formula is C14H20O2S. The monoisotopic (exact) mass is 252 g/mol. The molecule has 0 heterocycles. The van der Waals surface area contributed by atoms with Gasteiger partial charge in [0.1, 0.15) is 0 Å². The summed E-state index contributed by atoms with van der Waals surface area (Å²) in [6.07, 6.45) is 1.93. The SMILES string of the molecule is CCCCS(=O)C(C)C(=O)c1ccc(C)cc1. The van der Waals surface area contributed by atoms with Crippen LogP contribution in [0.15, 0.2) is 24.3 Å². The minimum Gasteiger partial charge on any atom is -0.293 e. The normalized spacial score (nSPS) is 14.3. The Hall–Kier alpha value is -0.960. The number of rotatable bonds is 6. The van der Waals surface area contributed by atoms with Crippen LogP contribution < -0.4 is 0 Å². The first-order valence-electron chi connectivity index (χ1n) is 6.04. The second kappa shape index (κ2) is 6.70. The van der Waals surface area contributed by atoms with Crippen molar-refractivity contribution in [3.05, 3.63) is 35.4 Å². The van der Waals surface area contributed by atoms with Crippen LogP contribution in [-0.2, 0) is 10.8 Å². The molecule has 17 heavy (non-hydrogen) atoms. The zero-order valence-corrected chi connectivity index (χ0v) is 11.5. The van der Waals surface area contributed by atoms with Crippen LogP contribution in [0.4, 0.5) is 0 Å². The summed E-state index contributed by atoms with van der Waals surface area (Å²) in [6, 6.07) is 7.44. The lowest BCUT2D eigenvalue weighted by atomic mass is 10.1. The van der Waals surface area contributed by atoms with E-state index in [4.69, 9.17) is 0 Å². The number of Topliss-reactive ketones (excluding diaryl/α,β-unsaturated/α-hetero) is 1. The van der Waals surface area contributed by atoms with Crippen molar-refractivity contribution in [2.24, 2.45) is 0 Å². The van der Waals surface area contributed by atoms with Gasteiger partial charge in [-0.05, 0) is 20.3 Å². The van der Waals surface area contributed by atoms with Gasteiger partial charge >= 0.3 is 0 Å². The van der Waals surface area contributed by atoms with E-state index in [1.807, 2.05) is 31.2 Å². The zero-order valence-electron chi connectivity index (χ0n) is 10.7. The van der Waals surface area contributed by atoms with Crippen LogP contribution >= 0.6 is 0 Å². The molecule has 0 aliphatic carbocycles. The van der Waals surface area contributed by atoms with Crippen molar-refractivity contribution in [2.75, 3.05) is 5.75 Å². The lowest BCUT2D eigenvalue weighted by Crippen LogP contribution is -2.24. The quantitative estimate of drug-likeness (QED) is 0.729. The first-order chi connectivity index (χ1) is 8.06. The zero-order chi connectivity index (χ0) is 12.8. The maximum atomic E-state index is 12.1. The van der Waals surface area contributed by atoms with E-state index in [0.717, 1.165) is 18.4 Å². The molecule has 0 saturated heterocycles. The van der Waals surface area contributed by atoms with Crippen molar-refractivity contribution in [2.45, 2.75) is 38.9 Å². The first-order valence-corrected chi connectivity index (χ1v) is 7.42. The highest BCUT2D eigenvalue weighted by molar-refractivity contribution is 7.86. The lowest BCUT2D eigenvalue weighted by Gasteiger charge is -2.10. The summed E-state index contributed by atoms with van der Waals surface area (Å²) in [5, 5.41) is -0.399. The maximum absolute atomic E-state index is 12.1. The fourth-order valence-corrected chi connectivity index (χ4v) is 2.84. The smallest absolute Gasteiger partial charge is 0.178 e. The molecule has 0 N–H and O–H groups in total. The summed E-state index contributed by atoms with van der Waals surface area (Å²) in [6.45, 7) is 5.80. The molecule has 2 nitrogen and oxygen atoms in total. The number of aryl methyl sites for hydroxylation is 1. The van der Waals surface area contributed by atoms with Crippen LogP contribution in [0, 0.1) is 6.92 Å². The highest BCUT2D eigenvalue weighted by atomic mass is 32.2. The number of hydrogen-bond acceptors (Lipinski definition) is 2. The topological polar surface area (TPSA) is 34.1 Å². The molecule has 0 bridgehead atoms. The number of carbonyl (C=O) groups is 1. The fraction of sp³-hybridized carbons (Fsp3) is 0.500. The second-order valence-corrected chi connectivity index (χ2v) is 6.19. The molecule has 0 aliphatic heterocycles. The highest BCUT2D eigenvalue weighted by Gasteiger charge is 2.20. The van der Waals surface area contributed by atoms with Gasteiger partial charge in [0.2, 0.25) is 0 Å². The molecule has 94 valence electrons. The van der Waals surface area contributed by atoms with Crippen LogP contribution in [0.25, 0.3) is 0 Å². The molecule has 0 fully saturated rings. The van der Waals surface area contributed by atoms with E-state index < -0.39 is 16.0 Å². The summed E-state index contributed by atoms with van der Waals surface area (Å²) < 4.78 is 11.9. The van der Waals surface area contributed by atoms with Gasteiger partial charge in [-0.3, -0.25) is 9.00 Å². The number of carbonyl (C=O) groups excluding carboxylic acids is 1. The average molecular weight is 252 g/mol. The number of unbranched alkanes of at least 4 members (excludes halogenated alkanes) is 1. The molecule has 0 spiro atoms. The standard InChI is InChI=1S/C14H20O2S/c1-4-5-10-17(16)12(3)14(15)13-8-6-11(2)7-9-13/h6-9,12H,4-5,10H2,1-3H3. The third kappa shape index (κ3) is 4.08. The van der Waals surface area contributed by atoms with E-state index in [1.165, 1.54) is 0 Å². The Morgan fingerprint density at radius 1 is 1.29 bits per heavy atom. The van der Waals surface area contributed by atoms with Gasteiger partial charge in [-0.25, -0.2) is 0 Å². The Labute approximate surface area is 106 Å². The van der Waals surface area contributed by atoms with Crippen molar-refractivity contribution in [3.63, 3.8) is 0 Å². The summed E-state index contributed by atoms with van der Waals surface area (Å²) in [5.74, 6) is 0.606. The van der Waals surface area contributed by atoms with Gasteiger partial charge in [-0.15, -0.1) is 0 Å². The minimum atomic E-state index is -1.05. The van der Waals surface area contributed by atoms with E-state index in [1.54, 1.807) is 6.92 Å². The van der Waals surface area contributed by atoms with Crippen LogP contribution in [0.1, 0.15) is 42.6 Å². The molecular weight excluding hydrogens is 232 g/mol. The maximum Gasteiger partial charge on any atom is 0.178 e. The van der Waals surface area contributed by atoms with Crippen molar-refractivity contribution >= 4 is 16.6 Å². The summed E-state index contributed by atoms with van der Waals surface area (Å²) in [5.41, 5.74) is 1.79. The number of hydrogen-bond donors (Lipinski definition) is 0. The minimum absolute atomic E-state index is 0.0144. The number of ketones is 1. The van der Waals surface area contributed by atoms with E-state index in [2.05, 4.69) is 6.92 Å². The van der Waals surface area contributed by atoms with Gasteiger partial charge < -0.3 is 0 Å². The third-order valence-corrected chi connectivity index (χ3v) is 4.49. The summed E-state index contributed by atoms with van der Waals surface area (Å²) in [4.78, 5) is 12.1. The molecule has 3 heteroatoms. The Morgan fingerprint density at radius 3 is 2.41 bits per heavy atom.